The summed E-state index contributed by atoms with van der Waals surface area (Å²) >= 11 is 0. The molecule has 0 unspecified atom stereocenters. The summed E-state index contributed by atoms with van der Waals surface area (Å²) in [6.07, 6.45) is 0. The molecular formula is C2H3ClO2. The van der Waals surface area contributed by atoms with Gasteiger partial charge in [0.2, 0.25) is 0 Å². The summed E-state index contributed by atoms with van der Waals surface area (Å²) in [7, 11) is 0. The van der Waals surface area contributed by atoms with E-state index in [1.807, 2.05) is 0 Å². The predicted molar refractivity (Wildman–Crippen MR) is 18.2 cm³/mol. The molecule has 0 atom stereocenters. The van der Waals surface area contributed by atoms with Crippen LogP contribution in [-0.2, 0) is 9.53 Å². The van der Waals surface area contributed by atoms with E-state index in [-0.39, 0.29) is 18.4 Å². The first kappa shape index (κ1) is 4.76. The summed E-state index contributed by atoms with van der Waals surface area (Å²) < 4.78 is 4.07. The number of hydrogen-bond donors (Lipinski definition) is 0. The van der Waals surface area contributed by atoms with E-state index in [1.165, 1.54) is 0 Å². The van der Waals surface area contributed by atoms with Gasteiger partial charge in [-0.2, -0.15) is 0 Å². The van der Waals surface area contributed by atoms with Gasteiger partial charge in [0.05, 0.1) is 0 Å². The number of epoxide rings is 1. The highest BCUT2D eigenvalue weighted by Gasteiger charge is 2.15. The second-order valence-electron chi connectivity index (χ2n) is 0.661. The Balaban J connectivity index is 0.000000160. The van der Waals surface area contributed by atoms with Crippen LogP contribution in [0.3, 0.4) is 0 Å². The van der Waals surface area contributed by atoms with Crippen molar-refractivity contribution in [1.82, 2.24) is 0 Å². The second kappa shape index (κ2) is 1.26. The van der Waals surface area contributed by atoms with Crippen LogP contribution in [-0.4, -0.2) is 12.6 Å². The lowest BCUT2D eigenvalue weighted by molar-refractivity contribution is -0.117. The maximum absolute atomic E-state index is 9.33. The van der Waals surface area contributed by atoms with Crippen LogP contribution in [0, 0.1) is 0 Å². The van der Waals surface area contributed by atoms with Crippen molar-refractivity contribution >= 4 is 18.4 Å². The topological polar surface area (TPSA) is 29.6 Å². The molecule has 0 aliphatic carbocycles. The lowest BCUT2D eigenvalue weighted by Crippen LogP contribution is -1.50. The quantitative estimate of drug-likeness (QED) is 0.395. The Morgan fingerprint density at radius 1 is 1.80 bits per heavy atom. The summed E-state index contributed by atoms with van der Waals surface area (Å²) in [4.78, 5) is 9.33. The molecule has 3 heteroatoms. The molecule has 0 aromatic carbocycles. The van der Waals surface area contributed by atoms with E-state index in [4.69, 9.17) is 0 Å². The van der Waals surface area contributed by atoms with Crippen LogP contribution in [0.25, 0.3) is 0 Å². The van der Waals surface area contributed by atoms with Crippen LogP contribution < -0.4 is 0 Å². The number of halogens is 1. The van der Waals surface area contributed by atoms with Crippen molar-refractivity contribution in [2.75, 3.05) is 6.61 Å². The number of carbonyl (C=O) groups is 1. The van der Waals surface area contributed by atoms with E-state index in [1.54, 1.807) is 0 Å². The molecule has 0 saturated carbocycles. The van der Waals surface area contributed by atoms with Crippen LogP contribution in [0.5, 0.6) is 0 Å². The first-order valence-electron chi connectivity index (χ1n) is 1.05. The zero-order valence-corrected chi connectivity index (χ0v) is 3.25. The summed E-state index contributed by atoms with van der Waals surface area (Å²) in [6, 6.07) is 0. The molecule has 0 spiro atoms. The van der Waals surface area contributed by atoms with Crippen LogP contribution in [0.2, 0.25) is 0 Å². The minimum atomic E-state index is -0.0833. The van der Waals surface area contributed by atoms with Crippen molar-refractivity contribution in [3.8, 4) is 0 Å². The van der Waals surface area contributed by atoms with Gasteiger partial charge < -0.3 is 4.74 Å². The van der Waals surface area contributed by atoms with Crippen LogP contribution in [0.15, 0.2) is 0 Å². The monoisotopic (exact) mass is 94.0 g/mol. The maximum Gasteiger partial charge on any atom is 0.344 e. The molecule has 0 radical (unpaired) electrons. The van der Waals surface area contributed by atoms with Gasteiger partial charge in [-0.1, -0.05) is 0 Å². The highest BCUT2D eigenvalue weighted by Crippen LogP contribution is 1.90. The number of cyclic esters (lactones) is 1. The van der Waals surface area contributed by atoms with Crippen molar-refractivity contribution < 1.29 is 9.53 Å². The minimum absolute atomic E-state index is 0. The molecule has 1 saturated heterocycles. The van der Waals surface area contributed by atoms with Gasteiger partial charge >= 0.3 is 5.97 Å². The molecule has 1 fully saturated rings. The molecule has 30 valence electrons. The first-order valence-corrected chi connectivity index (χ1v) is 1.05. The van der Waals surface area contributed by atoms with Crippen LogP contribution in [0.1, 0.15) is 0 Å². The lowest BCUT2D eigenvalue weighted by atomic mass is 11.0. The van der Waals surface area contributed by atoms with Gasteiger partial charge in [-0.25, -0.2) is 4.79 Å². The molecule has 2 nitrogen and oxygen atoms in total. The van der Waals surface area contributed by atoms with Crippen LogP contribution in [0.4, 0.5) is 0 Å². The Morgan fingerprint density at radius 2 is 2.00 bits per heavy atom. The average Bonchev–Trinajstić information content (AvgIpc) is 1.75. The highest BCUT2D eigenvalue weighted by molar-refractivity contribution is 5.85. The Morgan fingerprint density at radius 3 is 2.00 bits per heavy atom. The average molecular weight is 94.5 g/mol. The zero-order valence-electron chi connectivity index (χ0n) is 2.43. The second-order valence-corrected chi connectivity index (χ2v) is 0.661. The third kappa shape index (κ3) is 1.53. The van der Waals surface area contributed by atoms with Crippen molar-refractivity contribution in [2.45, 2.75) is 0 Å². The Hall–Kier alpha value is -0.240. The number of rotatable bonds is 0. The molecule has 5 heavy (non-hydrogen) atoms. The van der Waals surface area contributed by atoms with E-state index in [2.05, 4.69) is 4.74 Å². The van der Waals surface area contributed by atoms with E-state index >= 15 is 0 Å². The minimum Gasteiger partial charge on any atom is -0.451 e. The molecule has 0 N–H and O–H groups in total. The summed E-state index contributed by atoms with van der Waals surface area (Å²) in [6.45, 7) is 0.347. The fourth-order valence-corrected chi connectivity index (χ4v) is 0.0295. The lowest BCUT2D eigenvalue weighted by Gasteiger charge is -1.32. The van der Waals surface area contributed by atoms with Gasteiger partial charge in [0.25, 0.3) is 0 Å². The van der Waals surface area contributed by atoms with Gasteiger partial charge in [-0.3, -0.25) is 0 Å². The summed E-state index contributed by atoms with van der Waals surface area (Å²) in [5.74, 6) is -0.0833. The molecular weight excluding hydrogens is 91.5 g/mol. The third-order valence-corrected chi connectivity index (χ3v) is 0.262. The van der Waals surface area contributed by atoms with E-state index < -0.39 is 0 Å². The van der Waals surface area contributed by atoms with Crippen molar-refractivity contribution in [3.63, 3.8) is 0 Å². The number of ether oxygens (including phenoxy) is 1. The van der Waals surface area contributed by atoms with E-state index in [0.29, 0.717) is 6.61 Å². The van der Waals surface area contributed by atoms with Crippen molar-refractivity contribution in [3.05, 3.63) is 0 Å². The fraction of sp³-hybridized carbons (Fsp3) is 0.500. The van der Waals surface area contributed by atoms with Crippen molar-refractivity contribution in [1.29, 1.82) is 0 Å². The molecule has 1 heterocycles. The van der Waals surface area contributed by atoms with Gasteiger partial charge in [0.15, 0.2) is 6.61 Å². The summed E-state index contributed by atoms with van der Waals surface area (Å²) in [5.41, 5.74) is 0. The third-order valence-electron chi connectivity index (χ3n) is 0.262. The van der Waals surface area contributed by atoms with Gasteiger partial charge in [0.1, 0.15) is 0 Å². The Bertz CT molecular complexity index is 45.6. The Labute approximate surface area is 35.5 Å². The van der Waals surface area contributed by atoms with E-state index in [0.717, 1.165) is 0 Å². The van der Waals surface area contributed by atoms with Gasteiger partial charge in [0, 0.05) is 0 Å². The number of carbonyl (C=O) groups excluding carboxylic acids is 1. The SMILES string of the molecule is Cl.O=C1CO1. The standard InChI is InChI=1S/C2H2O2.ClH/c3-2-1-4-2;/h1H2;1H. The fourth-order valence-electron chi connectivity index (χ4n) is 0.0295. The molecule has 1 aliphatic rings. The molecule has 0 amide bonds. The summed E-state index contributed by atoms with van der Waals surface area (Å²) in [5, 5.41) is 0. The number of hydrogen-bond acceptors (Lipinski definition) is 2. The predicted octanol–water partition coefficient (Wildman–Crippen LogP) is -0.0350. The normalized spacial score (nSPS) is 15.6. The van der Waals surface area contributed by atoms with Gasteiger partial charge in [-0.15, -0.1) is 12.4 Å². The molecule has 0 aromatic rings. The molecule has 0 bridgehead atoms. The maximum atomic E-state index is 9.33. The smallest absolute Gasteiger partial charge is 0.344 e. The van der Waals surface area contributed by atoms with E-state index in [9.17, 15) is 4.79 Å². The van der Waals surface area contributed by atoms with Crippen molar-refractivity contribution in [2.24, 2.45) is 0 Å². The Kier molecular flexibility index (Phi) is 1.20. The zero-order chi connectivity index (χ0) is 2.99. The first-order chi connectivity index (χ1) is 1.89. The molecule has 0 aromatic heterocycles. The largest absolute Gasteiger partial charge is 0.451 e. The molecule has 1 aliphatic heterocycles. The van der Waals surface area contributed by atoms with Crippen LogP contribution >= 0.6 is 12.4 Å². The highest BCUT2D eigenvalue weighted by atomic mass is 35.5. The molecule has 1 rings (SSSR count). The van der Waals surface area contributed by atoms with Gasteiger partial charge in [-0.05, 0) is 0 Å².